The van der Waals surface area contributed by atoms with Crippen LogP contribution < -0.4 is 5.32 Å². The molecule has 0 bridgehead atoms. The highest BCUT2D eigenvalue weighted by molar-refractivity contribution is 4.97. The third kappa shape index (κ3) is 3.27. The van der Waals surface area contributed by atoms with E-state index in [-0.39, 0.29) is 0 Å². The van der Waals surface area contributed by atoms with Crippen molar-refractivity contribution in [1.82, 2.24) is 10.2 Å². The molecule has 2 aliphatic rings. The van der Waals surface area contributed by atoms with E-state index in [9.17, 15) is 0 Å². The Labute approximate surface area is 114 Å². The molecule has 1 saturated heterocycles. The number of nitrogens with one attached hydrogen (secondary N) is 1. The van der Waals surface area contributed by atoms with Gasteiger partial charge in [-0.05, 0) is 59.0 Å². The lowest BCUT2D eigenvalue weighted by Crippen LogP contribution is -2.54. The molecule has 1 N–H and O–H groups in total. The van der Waals surface area contributed by atoms with Crippen LogP contribution in [0.3, 0.4) is 0 Å². The number of rotatable bonds is 4. The first-order chi connectivity index (χ1) is 8.65. The Morgan fingerprint density at radius 2 is 1.89 bits per heavy atom. The standard InChI is InChI=1S/C16H32N2/c1-4-12-17-14-9-6-5-7-10-15(14)18-13-8-11-16(18,2)3/h14-15,17H,4-13H2,1-3H3. The van der Waals surface area contributed by atoms with Gasteiger partial charge in [-0.15, -0.1) is 0 Å². The van der Waals surface area contributed by atoms with Crippen molar-refractivity contribution in [2.24, 2.45) is 0 Å². The number of likely N-dealkylation sites (tertiary alicyclic amines) is 1. The van der Waals surface area contributed by atoms with Gasteiger partial charge in [0.2, 0.25) is 0 Å². The fraction of sp³-hybridized carbons (Fsp3) is 1.00. The second kappa shape index (κ2) is 6.38. The predicted molar refractivity (Wildman–Crippen MR) is 79.0 cm³/mol. The summed E-state index contributed by atoms with van der Waals surface area (Å²) in [5.41, 5.74) is 0.432. The average Bonchev–Trinajstić information content (AvgIpc) is 2.56. The molecule has 2 nitrogen and oxygen atoms in total. The molecule has 106 valence electrons. The molecule has 1 saturated carbocycles. The highest BCUT2D eigenvalue weighted by Crippen LogP contribution is 2.35. The lowest BCUT2D eigenvalue weighted by Gasteiger charge is -2.42. The average molecular weight is 252 g/mol. The van der Waals surface area contributed by atoms with Crippen LogP contribution in [0.1, 0.15) is 72.1 Å². The molecule has 1 aliphatic carbocycles. The Balaban J connectivity index is 2.04. The predicted octanol–water partition coefficient (Wildman–Crippen LogP) is 3.56. The molecular formula is C16H32N2. The van der Waals surface area contributed by atoms with Crippen molar-refractivity contribution in [2.45, 2.75) is 89.8 Å². The van der Waals surface area contributed by atoms with Gasteiger partial charge in [0, 0.05) is 17.6 Å². The van der Waals surface area contributed by atoms with E-state index < -0.39 is 0 Å². The van der Waals surface area contributed by atoms with E-state index in [4.69, 9.17) is 0 Å². The summed E-state index contributed by atoms with van der Waals surface area (Å²) in [6.07, 6.45) is 11.1. The summed E-state index contributed by atoms with van der Waals surface area (Å²) in [6.45, 7) is 9.68. The summed E-state index contributed by atoms with van der Waals surface area (Å²) in [7, 11) is 0. The molecule has 2 atom stereocenters. The fourth-order valence-corrected chi connectivity index (χ4v) is 3.97. The zero-order valence-corrected chi connectivity index (χ0v) is 12.7. The van der Waals surface area contributed by atoms with Crippen LogP contribution in [-0.4, -0.2) is 35.6 Å². The highest BCUT2D eigenvalue weighted by atomic mass is 15.3. The van der Waals surface area contributed by atoms with Crippen LogP contribution in [0.5, 0.6) is 0 Å². The van der Waals surface area contributed by atoms with E-state index in [1.165, 1.54) is 64.5 Å². The second-order valence-electron chi connectivity index (χ2n) is 6.88. The Hall–Kier alpha value is -0.0800. The lowest BCUT2D eigenvalue weighted by atomic mass is 9.95. The molecule has 2 rings (SSSR count). The zero-order valence-electron chi connectivity index (χ0n) is 12.7. The van der Waals surface area contributed by atoms with Crippen LogP contribution in [0.4, 0.5) is 0 Å². The second-order valence-corrected chi connectivity index (χ2v) is 6.88. The van der Waals surface area contributed by atoms with Crippen molar-refractivity contribution in [2.75, 3.05) is 13.1 Å². The van der Waals surface area contributed by atoms with E-state index >= 15 is 0 Å². The summed E-state index contributed by atoms with van der Waals surface area (Å²) >= 11 is 0. The first-order valence-electron chi connectivity index (χ1n) is 8.15. The Kier molecular flexibility index (Phi) is 5.08. The van der Waals surface area contributed by atoms with Crippen LogP contribution in [0, 0.1) is 0 Å². The lowest BCUT2D eigenvalue weighted by molar-refractivity contribution is 0.0837. The first kappa shape index (κ1) is 14.3. The molecule has 2 fully saturated rings. The third-order valence-corrected chi connectivity index (χ3v) is 5.00. The summed E-state index contributed by atoms with van der Waals surface area (Å²) in [5, 5.41) is 3.83. The first-order valence-corrected chi connectivity index (χ1v) is 8.15. The number of hydrogen-bond donors (Lipinski definition) is 1. The Bertz CT molecular complexity index is 249. The molecule has 0 aromatic carbocycles. The normalized spacial score (nSPS) is 33.5. The minimum absolute atomic E-state index is 0.432. The summed E-state index contributed by atoms with van der Waals surface area (Å²) in [4.78, 5) is 2.83. The zero-order chi connectivity index (χ0) is 13.0. The summed E-state index contributed by atoms with van der Waals surface area (Å²) in [6, 6.07) is 1.53. The van der Waals surface area contributed by atoms with Crippen LogP contribution in [0.25, 0.3) is 0 Å². The molecule has 2 heteroatoms. The maximum Gasteiger partial charge on any atom is 0.0254 e. The van der Waals surface area contributed by atoms with Crippen molar-refractivity contribution in [3.05, 3.63) is 0 Å². The van der Waals surface area contributed by atoms with Gasteiger partial charge in [0.05, 0.1) is 0 Å². The minimum Gasteiger partial charge on any atom is -0.312 e. The van der Waals surface area contributed by atoms with Crippen molar-refractivity contribution in [3.63, 3.8) is 0 Å². The van der Waals surface area contributed by atoms with Gasteiger partial charge in [-0.3, -0.25) is 4.90 Å². The fourth-order valence-electron chi connectivity index (χ4n) is 3.97. The molecule has 1 aliphatic heterocycles. The molecule has 0 amide bonds. The minimum atomic E-state index is 0.432. The van der Waals surface area contributed by atoms with Gasteiger partial charge in [0.1, 0.15) is 0 Å². The molecule has 18 heavy (non-hydrogen) atoms. The van der Waals surface area contributed by atoms with Crippen LogP contribution >= 0.6 is 0 Å². The maximum atomic E-state index is 3.83. The third-order valence-electron chi connectivity index (χ3n) is 5.00. The van der Waals surface area contributed by atoms with Gasteiger partial charge in [-0.25, -0.2) is 0 Å². The highest BCUT2D eigenvalue weighted by Gasteiger charge is 2.39. The van der Waals surface area contributed by atoms with E-state index in [0.29, 0.717) is 5.54 Å². The topological polar surface area (TPSA) is 15.3 Å². The van der Waals surface area contributed by atoms with Gasteiger partial charge in [-0.2, -0.15) is 0 Å². The largest absolute Gasteiger partial charge is 0.312 e. The Morgan fingerprint density at radius 1 is 1.11 bits per heavy atom. The molecule has 0 aromatic rings. The molecule has 0 aromatic heterocycles. The van der Waals surface area contributed by atoms with E-state index in [1.807, 2.05) is 0 Å². The van der Waals surface area contributed by atoms with E-state index in [1.54, 1.807) is 0 Å². The van der Waals surface area contributed by atoms with Gasteiger partial charge < -0.3 is 5.32 Å². The molecule has 0 spiro atoms. The van der Waals surface area contributed by atoms with Gasteiger partial charge >= 0.3 is 0 Å². The van der Waals surface area contributed by atoms with Crippen molar-refractivity contribution >= 4 is 0 Å². The smallest absolute Gasteiger partial charge is 0.0254 e. The summed E-state index contributed by atoms with van der Waals surface area (Å²) < 4.78 is 0. The molecular weight excluding hydrogens is 220 g/mol. The monoisotopic (exact) mass is 252 g/mol. The van der Waals surface area contributed by atoms with Crippen LogP contribution in [-0.2, 0) is 0 Å². The SMILES string of the molecule is CCCNC1CCCCCC1N1CCCC1(C)C. The molecule has 1 heterocycles. The van der Waals surface area contributed by atoms with Crippen LogP contribution in [0.2, 0.25) is 0 Å². The Morgan fingerprint density at radius 3 is 2.56 bits per heavy atom. The van der Waals surface area contributed by atoms with Crippen molar-refractivity contribution in [3.8, 4) is 0 Å². The van der Waals surface area contributed by atoms with Crippen molar-refractivity contribution < 1.29 is 0 Å². The molecule has 0 radical (unpaired) electrons. The maximum absolute atomic E-state index is 3.83. The van der Waals surface area contributed by atoms with Gasteiger partial charge in [-0.1, -0.05) is 26.2 Å². The van der Waals surface area contributed by atoms with Crippen LogP contribution in [0.15, 0.2) is 0 Å². The summed E-state index contributed by atoms with van der Waals surface area (Å²) in [5.74, 6) is 0. The quantitative estimate of drug-likeness (QED) is 0.770. The van der Waals surface area contributed by atoms with Gasteiger partial charge in [0.15, 0.2) is 0 Å². The number of nitrogens with zero attached hydrogens (tertiary/aromatic N) is 1. The number of hydrogen-bond acceptors (Lipinski definition) is 2. The van der Waals surface area contributed by atoms with E-state index in [2.05, 4.69) is 31.0 Å². The van der Waals surface area contributed by atoms with Crippen molar-refractivity contribution in [1.29, 1.82) is 0 Å². The van der Waals surface area contributed by atoms with E-state index in [0.717, 1.165) is 12.1 Å². The van der Waals surface area contributed by atoms with Gasteiger partial charge in [0.25, 0.3) is 0 Å². The molecule has 2 unspecified atom stereocenters.